The maximum Gasteiger partial charge on any atom is 0.159 e. The van der Waals surface area contributed by atoms with Crippen LogP contribution >= 0.6 is 0 Å². The lowest BCUT2D eigenvalue weighted by Gasteiger charge is -2.13. The Morgan fingerprint density at radius 2 is 2.00 bits per heavy atom. The van der Waals surface area contributed by atoms with Gasteiger partial charge in [0, 0.05) is 13.2 Å². The first-order chi connectivity index (χ1) is 9.04. The number of rotatable bonds is 8. The van der Waals surface area contributed by atoms with Gasteiger partial charge >= 0.3 is 0 Å². The minimum Gasteiger partial charge on any atom is -0.396 e. The van der Waals surface area contributed by atoms with Crippen LogP contribution in [0, 0.1) is 17.6 Å². The minimum atomic E-state index is -0.951. The molecule has 2 unspecified atom stereocenters. The second kappa shape index (κ2) is 8.19. The smallest absolute Gasteiger partial charge is 0.159 e. The summed E-state index contributed by atoms with van der Waals surface area (Å²) in [5.41, 5.74) is 0.357. The first-order valence-electron chi connectivity index (χ1n) is 6.49. The fraction of sp³-hybridized carbons (Fsp3) is 0.571. The van der Waals surface area contributed by atoms with Gasteiger partial charge in [0.25, 0.3) is 0 Å². The first kappa shape index (κ1) is 16.0. The Morgan fingerprint density at radius 1 is 1.26 bits per heavy atom. The van der Waals surface area contributed by atoms with Crippen LogP contribution in [0.3, 0.4) is 0 Å². The van der Waals surface area contributed by atoms with Gasteiger partial charge in [-0.25, -0.2) is 8.78 Å². The molecule has 0 amide bonds. The SMILES string of the molecule is CC(CO)CCCNCC(O)c1ccc(F)c(F)c1. The topological polar surface area (TPSA) is 52.5 Å². The number of halogens is 2. The Bertz CT molecular complexity index is 388. The van der Waals surface area contributed by atoms with Crippen molar-refractivity contribution in [3.05, 3.63) is 35.4 Å². The molecule has 0 fully saturated rings. The van der Waals surface area contributed by atoms with Gasteiger partial charge in [0.1, 0.15) is 0 Å². The molecule has 19 heavy (non-hydrogen) atoms. The Morgan fingerprint density at radius 3 is 2.63 bits per heavy atom. The van der Waals surface area contributed by atoms with Crippen LogP contribution in [0.2, 0.25) is 0 Å². The van der Waals surface area contributed by atoms with Crippen LogP contribution in [0.15, 0.2) is 18.2 Å². The van der Waals surface area contributed by atoms with Gasteiger partial charge in [-0.3, -0.25) is 0 Å². The summed E-state index contributed by atoms with van der Waals surface area (Å²) < 4.78 is 25.7. The van der Waals surface area contributed by atoms with Crippen molar-refractivity contribution in [1.82, 2.24) is 5.32 Å². The van der Waals surface area contributed by atoms with Crippen molar-refractivity contribution in [1.29, 1.82) is 0 Å². The van der Waals surface area contributed by atoms with Crippen LogP contribution in [-0.2, 0) is 0 Å². The van der Waals surface area contributed by atoms with Crippen molar-refractivity contribution in [2.75, 3.05) is 19.7 Å². The summed E-state index contributed by atoms with van der Waals surface area (Å²) in [6.45, 7) is 3.15. The van der Waals surface area contributed by atoms with Gasteiger partial charge in [0.15, 0.2) is 11.6 Å². The van der Waals surface area contributed by atoms with E-state index in [1.165, 1.54) is 6.07 Å². The van der Waals surface area contributed by atoms with Crippen LogP contribution < -0.4 is 5.32 Å². The van der Waals surface area contributed by atoms with Crippen LogP contribution in [0.5, 0.6) is 0 Å². The Kier molecular flexibility index (Phi) is 6.91. The summed E-state index contributed by atoms with van der Waals surface area (Å²) in [4.78, 5) is 0. The highest BCUT2D eigenvalue weighted by atomic mass is 19.2. The molecule has 1 aromatic carbocycles. The Labute approximate surface area is 112 Å². The molecule has 3 nitrogen and oxygen atoms in total. The van der Waals surface area contributed by atoms with Crippen molar-refractivity contribution in [2.24, 2.45) is 5.92 Å². The maximum absolute atomic E-state index is 13.0. The van der Waals surface area contributed by atoms with Crippen molar-refractivity contribution < 1.29 is 19.0 Å². The third-order valence-electron chi connectivity index (χ3n) is 3.03. The summed E-state index contributed by atoms with van der Waals surface area (Å²) in [6.07, 6.45) is 0.946. The van der Waals surface area contributed by atoms with Crippen LogP contribution in [-0.4, -0.2) is 29.9 Å². The van der Waals surface area contributed by atoms with Crippen molar-refractivity contribution in [2.45, 2.75) is 25.9 Å². The van der Waals surface area contributed by atoms with E-state index in [4.69, 9.17) is 5.11 Å². The Hall–Kier alpha value is -1.04. The van der Waals surface area contributed by atoms with Gasteiger partial charge in [-0.15, -0.1) is 0 Å². The van der Waals surface area contributed by atoms with Gasteiger partial charge in [0.2, 0.25) is 0 Å². The van der Waals surface area contributed by atoms with E-state index in [0.717, 1.165) is 25.0 Å². The van der Waals surface area contributed by atoms with E-state index in [1.54, 1.807) is 0 Å². The van der Waals surface area contributed by atoms with E-state index in [-0.39, 0.29) is 12.5 Å². The van der Waals surface area contributed by atoms with Crippen molar-refractivity contribution in [3.63, 3.8) is 0 Å². The van der Waals surface area contributed by atoms with Crippen LogP contribution in [0.4, 0.5) is 8.78 Å². The summed E-state index contributed by atoms with van der Waals surface area (Å²) in [5, 5.41) is 21.7. The molecule has 0 aromatic heterocycles. The highest BCUT2D eigenvalue weighted by Gasteiger charge is 2.10. The average Bonchev–Trinajstić information content (AvgIpc) is 2.40. The molecule has 0 aliphatic rings. The van der Waals surface area contributed by atoms with E-state index in [0.29, 0.717) is 18.7 Å². The van der Waals surface area contributed by atoms with E-state index >= 15 is 0 Å². The normalized spacial score (nSPS) is 14.4. The molecule has 2 atom stereocenters. The molecule has 0 aliphatic heterocycles. The fourth-order valence-corrected chi connectivity index (χ4v) is 1.74. The quantitative estimate of drug-likeness (QED) is 0.635. The minimum absolute atomic E-state index is 0.178. The molecule has 1 aromatic rings. The van der Waals surface area contributed by atoms with Gasteiger partial charge < -0.3 is 15.5 Å². The van der Waals surface area contributed by atoms with E-state index in [1.807, 2.05) is 6.92 Å². The van der Waals surface area contributed by atoms with Crippen molar-refractivity contribution >= 4 is 0 Å². The lowest BCUT2D eigenvalue weighted by molar-refractivity contribution is 0.173. The molecule has 0 heterocycles. The number of aliphatic hydroxyl groups is 2. The zero-order valence-electron chi connectivity index (χ0n) is 11.1. The lowest BCUT2D eigenvalue weighted by atomic mass is 10.1. The zero-order valence-corrected chi connectivity index (χ0v) is 11.1. The van der Waals surface area contributed by atoms with E-state index in [9.17, 15) is 13.9 Å². The molecule has 0 saturated carbocycles. The average molecular weight is 273 g/mol. The number of benzene rings is 1. The van der Waals surface area contributed by atoms with Crippen LogP contribution in [0.1, 0.15) is 31.4 Å². The zero-order chi connectivity index (χ0) is 14.3. The number of hydrogen-bond donors (Lipinski definition) is 3. The summed E-state index contributed by atoms with van der Waals surface area (Å²) in [5.74, 6) is -1.59. The molecule has 0 bridgehead atoms. The molecular formula is C14H21F2NO2. The van der Waals surface area contributed by atoms with Gasteiger partial charge in [-0.2, -0.15) is 0 Å². The third kappa shape index (κ3) is 5.63. The predicted octanol–water partition coefficient (Wildman–Crippen LogP) is 2.00. The standard InChI is InChI=1S/C14H21F2NO2/c1-10(9-18)3-2-6-17-8-14(19)11-4-5-12(15)13(16)7-11/h4-5,7,10,14,17-19H,2-3,6,8-9H2,1H3. The molecule has 5 heteroatoms. The monoisotopic (exact) mass is 273 g/mol. The molecule has 1 rings (SSSR count). The number of aliphatic hydroxyl groups excluding tert-OH is 2. The number of hydrogen-bond acceptors (Lipinski definition) is 3. The second-order valence-electron chi connectivity index (χ2n) is 4.82. The molecule has 0 aliphatic carbocycles. The second-order valence-corrected chi connectivity index (χ2v) is 4.82. The summed E-state index contributed by atoms with van der Waals surface area (Å²) in [7, 11) is 0. The molecule has 0 saturated heterocycles. The largest absolute Gasteiger partial charge is 0.396 e. The third-order valence-corrected chi connectivity index (χ3v) is 3.03. The lowest BCUT2D eigenvalue weighted by Crippen LogP contribution is -2.23. The molecule has 3 N–H and O–H groups in total. The number of nitrogens with one attached hydrogen (secondary N) is 1. The molecule has 0 spiro atoms. The highest BCUT2D eigenvalue weighted by Crippen LogP contribution is 2.15. The fourth-order valence-electron chi connectivity index (χ4n) is 1.74. The summed E-state index contributed by atoms with van der Waals surface area (Å²) >= 11 is 0. The summed E-state index contributed by atoms with van der Waals surface area (Å²) in [6, 6.07) is 3.39. The molecule has 108 valence electrons. The van der Waals surface area contributed by atoms with Gasteiger partial charge in [-0.05, 0) is 43.0 Å². The van der Waals surface area contributed by atoms with Crippen LogP contribution in [0.25, 0.3) is 0 Å². The van der Waals surface area contributed by atoms with Gasteiger partial charge in [0.05, 0.1) is 6.10 Å². The molecule has 0 radical (unpaired) electrons. The highest BCUT2D eigenvalue weighted by molar-refractivity contribution is 5.20. The molecular weight excluding hydrogens is 252 g/mol. The van der Waals surface area contributed by atoms with E-state index < -0.39 is 17.7 Å². The van der Waals surface area contributed by atoms with Crippen molar-refractivity contribution in [3.8, 4) is 0 Å². The van der Waals surface area contributed by atoms with E-state index in [2.05, 4.69) is 5.32 Å². The maximum atomic E-state index is 13.0. The Balaban J connectivity index is 2.27. The van der Waals surface area contributed by atoms with Gasteiger partial charge in [-0.1, -0.05) is 13.0 Å². The first-order valence-corrected chi connectivity index (χ1v) is 6.49. The predicted molar refractivity (Wildman–Crippen MR) is 69.7 cm³/mol.